The zero-order valence-corrected chi connectivity index (χ0v) is 16.6. The number of amides is 1. The second kappa shape index (κ2) is 7.57. The highest BCUT2D eigenvalue weighted by molar-refractivity contribution is 14.1. The van der Waals surface area contributed by atoms with Gasteiger partial charge in [0, 0.05) is 3.57 Å². The first-order valence-electron chi connectivity index (χ1n) is 7.84. The summed E-state index contributed by atoms with van der Waals surface area (Å²) in [4.78, 5) is 17.6. The molecule has 0 fully saturated rings. The quantitative estimate of drug-likeness (QED) is 0.221. The highest BCUT2D eigenvalue weighted by atomic mass is 127. The van der Waals surface area contributed by atoms with Crippen LogP contribution >= 0.6 is 33.9 Å². The van der Waals surface area contributed by atoms with Gasteiger partial charge in [-0.1, -0.05) is 23.5 Å². The van der Waals surface area contributed by atoms with Crippen LogP contribution in [0.15, 0.2) is 70.4 Å². The Morgan fingerprint density at radius 3 is 2.85 bits per heavy atom. The molecule has 0 spiro atoms. The van der Waals surface area contributed by atoms with E-state index >= 15 is 0 Å². The van der Waals surface area contributed by atoms with Crippen molar-refractivity contribution in [2.45, 2.75) is 0 Å². The molecular formula is C19H11FIN3O2S. The number of carbonyl (C=O) groups excluding carboxylic acids is 1. The minimum absolute atomic E-state index is 0.331. The van der Waals surface area contributed by atoms with Crippen molar-refractivity contribution in [1.82, 2.24) is 4.98 Å². The smallest absolute Gasteiger partial charge is 0.281 e. The second-order valence-electron chi connectivity index (χ2n) is 5.47. The maximum absolute atomic E-state index is 13.5. The van der Waals surface area contributed by atoms with E-state index < -0.39 is 0 Å². The third-order valence-electron chi connectivity index (χ3n) is 3.66. The molecule has 0 atom stereocenters. The minimum atomic E-state index is -0.354. The van der Waals surface area contributed by atoms with Crippen LogP contribution in [-0.4, -0.2) is 17.1 Å². The summed E-state index contributed by atoms with van der Waals surface area (Å²) < 4.78 is 20.2. The molecule has 27 heavy (non-hydrogen) atoms. The van der Waals surface area contributed by atoms with Gasteiger partial charge in [-0.3, -0.25) is 4.79 Å². The predicted molar refractivity (Wildman–Crippen MR) is 112 cm³/mol. The molecule has 2 aromatic carbocycles. The number of carbonyl (C=O) groups is 1. The minimum Gasteiger partial charge on any atom is -0.463 e. The van der Waals surface area contributed by atoms with Gasteiger partial charge in [0.25, 0.3) is 5.91 Å². The lowest BCUT2D eigenvalue weighted by Gasteiger charge is -2.14. The molecule has 0 N–H and O–H groups in total. The number of fused-ring (bicyclic) bond motifs is 1. The number of hydrazone groups is 1. The van der Waals surface area contributed by atoms with Crippen LogP contribution < -0.4 is 5.01 Å². The fraction of sp³-hybridized carbons (Fsp3) is 0. The van der Waals surface area contributed by atoms with Crippen LogP contribution in [0.3, 0.4) is 0 Å². The Labute approximate surface area is 171 Å². The largest absolute Gasteiger partial charge is 0.463 e. The van der Waals surface area contributed by atoms with E-state index in [1.54, 1.807) is 30.3 Å². The van der Waals surface area contributed by atoms with Gasteiger partial charge < -0.3 is 4.42 Å². The Morgan fingerprint density at radius 2 is 2.07 bits per heavy atom. The fourth-order valence-electron chi connectivity index (χ4n) is 2.39. The van der Waals surface area contributed by atoms with Crippen molar-refractivity contribution in [3.8, 4) is 0 Å². The molecule has 0 aliphatic rings. The summed E-state index contributed by atoms with van der Waals surface area (Å²) >= 11 is 3.29. The number of hydrogen-bond donors (Lipinski definition) is 0. The van der Waals surface area contributed by atoms with Crippen molar-refractivity contribution < 1.29 is 13.6 Å². The van der Waals surface area contributed by atoms with Crippen LogP contribution in [0.25, 0.3) is 10.2 Å². The number of aromatic nitrogens is 1. The van der Waals surface area contributed by atoms with E-state index in [1.165, 1.54) is 41.0 Å². The van der Waals surface area contributed by atoms with Crippen LogP contribution in [0.4, 0.5) is 9.52 Å². The Kier molecular flexibility index (Phi) is 4.99. The first-order valence-corrected chi connectivity index (χ1v) is 9.74. The van der Waals surface area contributed by atoms with Crippen molar-refractivity contribution in [2.75, 3.05) is 5.01 Å². The van der Waals surface area contributed by atoms with Crippen molar-refractivity contribution in [3.63, 3.8) is 0 Å². The van der Waals surface area contributed by atoms with Crippen molar-refractivity contribution in [1.29, 1.82) is 0 Å². The molecule has 8 heteroatoms. The summed E-state index contributed by atoms with van der Waals surface area (Å²) in [6.45, 7) is 0. The standard InChI is InChI=1S/C19H11FIN3O2S/c20-12-7-8-16-17(10-12)27-19(23-16)24(22-11-13-4-3-9-26-13)18(25)14-5-1-2-6-15(14)21/h1-11H/b22-11+. The average molecular weight is 491 g/mol. The van der Waals surface area contributed by atoms with Gasteiger partial charge in [-0.05, 0) is 65.1 Å². The average Bonchev–Trinajstić information content (AvgIpc) is 3.31. The topological polar surface area (TPSA) is 58.7 Å². The molecule has 0 radical (unpaired) electrons. The Morgan fingerprint density at radius 1 is 1.22 bits per heavy atom. The van der Waals surface area contributed by atoms with Gasteiger partial charge >= 0.3 is 0 Å². The third kappa shape index (κ3) is 3.76. The number of hydrogen-bond acceptors (Lipinski definition) is 5. The summed E-state index contributed by atoms with van der Waals surface area (Å²) in [6.07, 6.45) is 2.97. The van der Waals surface area contributed by atoms with E-state index in [1.807, 2.05) is 12.1 Å². The van der Waals surface area contributed by atoms with Crippen LogP contribution in [0.5, 0.6) is 0 Å². The molecule has 0 saturated heterocycles. The molecule has 0 saturated carbocycles. The number of thiazole rings is 1. The van der Waals surface area contributed by atoms with Gasteiger partial charge in [-0.15, -0.1) is 0 Å². The third-order valence-corrected chi connectivity index (χ3v) is 5.60. The highest BCUT2D eigenvalue weighted by Crippen LogP contribution is 2.31. The molecular weight excluding hydrogens is 480 g/mol. The summed E-state index contributed by atoms with van der Waals surface area (Å²) in [5, 5.41) is 5.85. The zero-order chi connectivity index (χ0) is 18.8. The Bertz CT molecular complexity index is 1140. The number of anilines is 1. The molecule has 0 unspecified atom stereocenters. The number of benzene rings is 2. The maximum Gasteiger partial charge on any atom is 0.281 e. The lowest BCUT2D eigenvalue weighted by Crippen LogP contribution is -2.26. The number of rotatable bonds is 4. The van der Waals surface area contributed by atoms with E-state index in [0.717, 1.165) is 3.57 Å². The van der Waals surface area contributed by atoms with Gasteiger partial charge in [-0.25, -0.2) is 9.37 Å². The molecule has 5 nitrogen and oxygen atoms in total. The summed E-state index contributed by atoms with van der Waals surface area (Å²) in [5.74, 6) is -0.183. The van der Waals surface area contributed by atoms with Crippen LogP contribution in [0, 0.1) is 9.39 Å². The molecule has 0 aliphatic heterocycles. The monoisotopic (exact) mass is 491 g/mol. The normalized spacial score (nSPS) is 11.3. The Balaban J connectivity index is 1.79. The van der Waals surface area contributed by atoms with E-state index in [0.29, 0.717) is 26.7 Å². The number of nitrogens with zero attached hydrogens (tertiary/aromatic N) is 3. The summed E-state index contributed by atoms with van der Waals surface area (Å²) in [6, 6.07) is 15.0. The molecule has 0 aliphatic carbocycles. The molecule has 134 valence electrons. The van der Waals surface area contributed by atoms with Gasteiger partial charge in [-0.2, -0.15) is 10.1 Å². The molecule has 0 bridgehead atoms. The highest BCUT2D eigenvalue weighted by Gasteiger charge is 2.22. The Hall–Kier alpha value is -2.59. The lowest BCUT2D eigenvalue weighted by molar-refractivity contribution is 0.0987. The first kappa shape index (κ1) is 17.8. The number of halogens is 2. The molecule has 1 amide bonds. The maximum atomic E-state index is 13.5. The van der Waals surface area contributed by atoms with Gasteiger partial charge in [0.05, 0.1) is 28.3 Å². The zero-order valence-electron chi connectivity index (χ0n) is 13.7. The van der Waals surface area contributed by atoms with Gasteiger partial charge in [0.15, 0.2) is 0 Å². The second-order valence-corrected chi connectivity index (χ2v) is 7.64. The van der Waals surface area contributed by atoms with E-state index in [-0.39, 0.29) is 11.7 Å². The SMILES string of the molecule is O=C(c1ccccc1I)N(/N=C/c1ccco1)c1nc2ccc(F)cc2s1. The van der Waals surface area contributed by atoms with E-state index in [4.69, 9.17) is 4.42 Å². The predicted octanol–water partition coefficient (Wildman–Crippen LogP) is 5.31. The van der Waals surface area contributed by atoms with E-state index in [2.05, 4.69) is 32.7 Å². The van der Waals surface area contributed by atoms with Crippen molar-refractivity contribution in [3.05, 3.63) is 81.6 Å². The molecule has 2 heterocycles. The summed E-state index contributed by atoms with van der Waals surface area (Å²) in [7, 11) is 0. The fourth-order valence-corrected chi connectivity index (χ4v) is 3.96. The van der Waals surface area contributed by atoms with Crippen LogP contribution in [0.2, 0.25) is 0 Å². The van der Waals surface area contributed by atoms with Gasteiger partial charge in [0.2, 0.25) is 5.13 Å². The summed E-state index contributed by atoms with van der Waals surface area (Å²) in [5.41, 5.74) is 1.10. The van der Waals surface area contributed by atoms with Crippen molar-refractivity contribution in [2.24, 2.45) is 5.10 Å². The number of furan rings is 1. The molecule has 4 rings (SSSR count). The lowest BCUT2D eigenvalue weighted by atomic mass is 10.2. The van der Waals surface area contributed by atoms with Crippen molar-refractivity contribution >= 4 is 61.4 Å². The molecule has 2 aromatic heterocycles. The van der Waals surface area contributed by atoms with Gasteiger partial charge in [0.1, 0.15) is 11.6 Å². The van der Waals surface area contributed by atoms with Crippen LogP contribution in [0.1, 0.15) is 16.1 Å². The van der Waals surface area contributed by atoms with Crippen LogP contribution in [-0.2, 0) is 0 Å². The van der Waals surface area contributed by atoms with E-state index in [9.17, 15) is 9.18 Å². The molecule has 4 aromatic rings. The first-order chi connectivity index (χ1) is 13.1.